The Morgan fingerprint density at radius 2 is 2.20 bits per heavy atom. The number of hydrogen-bond donors (Lipinski definition) is 2. The number of amides is 1. The van der Waals surface area contributed by atoms with Crippen LogP contribution < -0.4 is 10.6 Å². The third-order valence-electron chi connectivity index (χ3n) is 3.81. The van der Waals surface area contributed by atoms with Gasteiger partial charge in [-0.2, -0.15) is 0 Å². The van der Waals surface area contributed by atoms with Gasteiger partial charge in [0.1, 0.15) is 0 Å². The number of anilines is 1. The van der Waals surface area contributed by atoms with Crippen molar-refractivity contribution >= 4 is 17.4 Å². The number of nitrogens with zero attached hydrogens (tertiary/aromatic N) is 2. The average Bonchev–Trinajstić information content (AvgIpc) is 2.69. The summed E-state index contributed by atoms with van der Waals surface area (Å²) < 4.78 is 0. The van der Waals surface area contributed by atoms with Gasteiger partial charge in [-0.25, -0.2) is 0 Å². The summed E-state index contributed by atoms with van der Waals surface area (Å²) >= 11 is 0. The number of rotatable bonds is 3. The van der Waals surface area contributed by atoms with Gasteiger partial charge in [0.05, 0.1) is 5.92 Å². The third-order valence-corrected chi connectivity index (χ3v) is 3.81. The number of para-hydroxylation sites is 1. The number of fused-ring (bicyclic) bond motifs is 1. The smallest absolute Gasteiger partial charge is 0.237 e. The first-order chi connectivity index (χ1) is 9.69. The number of benzene rings is 1. The Kier molecular flexibility index (Phi) is 4.61. The standard InChI is InChI=1S/C15H21N3O2/c1-2-12(14(16)17-20)15(19)18-10-6-5-8-11-7-3-4-9-13(11)18/h3-4,7,9,12,20H,2,5-6,8,10H2,1H3,(H2,16,17). The highest BCUT2D eigenvalue weighted by Gasteiger charge is 2.29. The number of nitrogens with two attached hydrogens (primary N) is 1. The van der Waals surface area contributed by atoms with E-state index in [0.717, 1.165) is 24.9 Å². The van der Waals surface area contributed by atoms with Crippen LogP contribution in [-0.4, -0.2) is 23.5 Å². The second-order valence-electron chi connectivity index (χ2n) is 5.06. The van der Waals surface area contributed by atoms with Gasteiger partial charge in [-0.3, -0.25) is 4.79 Å². The van der Waals surface area contributed by atoms with Crippen LogP contribution in [-0.2, 0) is 11.2 Å². The summed E-state index contributed by atoms with van der Waals surface area (Å²) in [6.07, 6.45) is 3.54. The number of carbonyl (C=O) groups excluding carboxylic acids is 1. The second kappa shape index (κ2) is 6.41. The molecule has 1 aromatic carbocycles. The Morgan fingerprint density at radius 1 is 1.45 bits per heavy atom. The highest BCUT2D eigenvalue weighted by Crippen LogP contribution is 2.27. The minimum atomic E-state index is -0.564. The fraction of sp³-hybridized carbons (Fsp3) is 0.467. The molecule has 1 unspecified atom stereocenters. The van der Waals surface area contributed by atoms with Gasteiger partial charge in [0.15, 0.2) is 5.84 Å². The minimum absolute atomic E-state index is 0.0146. The zero-order valence-corrected chi connectivity index (χ0v) is 11.7. The molecule has 1 amide bonds. The molecule has 3 N–H and O–H groups in total. The van der Waals surface area contributed by atoms with Crippen molar-refractivity contribution in [3.8, 4) is 0 Å². The van der Waals surface area contributed by atoms with Crippen molar-refractivity contribution in [2.45, 2.75) is 32.6 Å². The lowest BCUT2D eigenvalue weighted by Gasteiger charge is -2.26. The lowest BCUT2D eigenvalue weighted by atomic mass is 10.0. The lowest BCUT2D eigenvalue weighted by molar-refractivity contribution is -0.120. The van der Waals surface area contributed by atoms with Crippen LogP contribution in [0.3, 0.4) is 0 Å². The Labute approximate surface area is 119 Å². The topological polar surface area (TPSA) is 78.9 Å². The van der Waals surface area contributed by atoms with Crippen molar-refractivity contribution < 1.29 is 10.0 Å². The molecule has 20 heavy (non-hydrogen) atoms. The molecule has 5 heteroatoms. The van der Waals surface area contributed by atoms with E-state index in [-0.39, 0.29) is 11.7 Å². The van der Waals surface area contributed by atoms with Crippen molar-refractivity contribution in [2.24, 2.45) is 16.8 Å². The SMILES string of the molecule is CCC(C(=O)N1CCCCc2ccccc21)C(N)=NO. The van der Waals surface area contributed by atoms with Crippen LogP contribution >= 0.6 is 0 Å². The molecule has 2 rings (SSSR count). The van der Waals surface area contributed by atoms with Crippen LogP contribution in [0.4, 0.5) is 5.69 Å². The van der Waals surface area contributed by atoms with E-state index in [9.17, 15) is 4.79 Å². The van der Waals surface area contributed by atoms with Crippen molar-refractivity contribution in [3.05, 3.63) is 29.8 Å². The molecule has 1 aliphatic heterocycles. The van der Waals surface area contributed by atoms with Crippen LogP contribution in [0.1, 0.15) is 31.7 Å². The largest absolute Gasteiger partial charge is 0.409 e. The first-order valence-electron chi connectivity index (χ1n) is 7.05. The Hall–Kier alpha value is -2.04. The van der Waals surface area contributed by atoms with Gasteiger partial charge in [0, 0.05) is 12.2 Å². The maximum atomic E-state index is 12.7. The van der Waals surface area contributed by atoms with Gasteiger partial charge < -0.3 is 15.8 Å². The van der Waals surface area contributed by atoms with E-state index in [1.165, 1.54) is 5.56 Å². The Balaban J connectivity index is 2.34. The second-order valence-corrected chi connectivity index (χ2v) is 5.06. The highest BCUT2D eigenvalue weighted by molar-refractivity contribution is 6.09. The predicted molar refractivity (Wildman–Crippen MR) is 78.9 cm³/mol. The first-order valence-corrected chi connectivity index (χ1v) is 7.05. The molecule has 1 heterocycles. The van der Waals surface area contributed by atoms with Gasteiger partial charge >= 0.3 is 0 Å². The van der Waals surface area contributed by atoms with E-state index in [4.69, 9.17) is 10.9 Å². The molecule has 1 aromatic rings. The van der Waals surface area contributed by atoms with E-state index < -0.39 is 5.92 Å². The van der Waals surface area contributed by atoms with Gasteiger partial charge in [-0.15, -0.1) is 0 Å². The van der Waals surface area contributed by atoms with E-state index in [2.05, 4.69) is 11.2 Å². The van der Waals surface area contributed by atoms with Crippen LogP contribution in [0.2, 0.25) is 0 Å². The van der Waals surface area contributed by atoms with Gasteiger partial charge in [-0.05, 0) is 37.3 Å². The maximum absolute atomic E-state index is 12.7. The molecular weight excluding hydrogens is 254 g/mol. The zero-order chi connectivity index (χ0) is 14.5. The van der Waals surface area contributed by atoms with Gasteiger partial charge in [-0.1, -0.05) is 30.3 Å². The maximum Gasteiger partial charge on any atom is 0.237 e. The molecule has 0 fully saturated rings. The van der Waals surface area contributed by atoms with Crippen LogP contribution in [0.15, 0.2) is 29.4 Å². The van der Waals surface area contributed by atoms with Crippen LogP contribution in [0.5, 0.6) is 0 Å². The van der Waals surface area contributed by atoms with Crippen molar-refractivity contribution in [1.82, 2.24) is 0 Å². The van der Waals surface area contributed by atoms with Crippen LogP contribution in [0, 0.1) is 5.92 Å². The first kappa shape index (κ1) is 14.4. The summed E-state index contributed by atoms with van der Waals surface area (Å²) in [5.41, 5.74) is 7.79. The van der Waals surface area contributed by atoms with E-state index in [0.29, 0.717) is 13.0 Å². The highest BCUT2D eigenvalue weighted by atomic mass is 16.4. The van der Waals surface area contributed by atoms with Crippen LogP contribution in [0.25, 0.3) is 0 Å². The zero-order valence-electron chi connectivity index (χ0n) is 11.7. The average molecular weight is 275 g/mol. The summed E-state index contributed by atoms with van der Waals surface area (Å²) in [5, 5.41) is 11.8. The van der Waals surface area contributed by atoms with Crippen molar-refractivity contribution in [2.75, 3.05) is 11.4 Å². The monoisotopic (exact) mass is 275 g/mol. The van der Waals surface area contributed by atoms with Crippen molar-refractivity contribution in [3.63, 3.8) is 0 Å². The fourth-order valence-corrected chi connectivity index (χ4v) is 2.69. The summed E-state index contributed by atoms with van der Waals surface area (Å²) in [7, 11) is 0. The predicted octanol–water partition coefficient (Wildman–Crippen LogP) is 2.13. The molecule has 1 aliphatic rings. The number of carbonyl (C=O) groups is 1. The molecule has 5 nitrogen and oxygen atoms in total. The molecule has 0 bridgehead atoms. The summed E-state index contributed by atoms with van der Waals surface area (Å²) in [6, 6.07) is 7.96. The molecule has 0 spiro atoms. The van der Waals surface area contributed by atoms with E-state index in [1.54, 1.807) is 4.90 Å². The lowest BCUT2D eigenvalue weighted by Crippen LogP contribution is -2.42. The third kappa shape index (κ3) is 2.76. The molecule has 108 valence electrons. The summed E-state index contributed by atoms with van der Waals surface area (Å²) in [5.74, 6) is -0.664. The molecule has 0 radical (unpaired) electrons. The molecule has 1 atom stereocenters. The number of hydrogen-bond acceptors (Lipinski definition) is 3. The van der Waals surface area contributed by atoms with Gasteiger partial charge in [0.25, 0.3) is 0 Å². The molecule has 0 saturated carbocycles. The molecule has 0 aromatic heterocycles. The number of oxime groups is 1. The van der Waals surface area contributed by atoms with E-state index >= 15 is 0 Å². The summed E-state index contributed by atoms with van der Waals surface area (Å²) in [6.45, 7) is 2.55. The summed E-state index contributed by atoms with van der Waals surface area (Å²) in [4.78, 5) is 14.5. The van der Waals surface area contributed by atoms with Crippen molar-refractivity contribution in [1.29, 1.82) is 0 Å². The van der Waals surface area contributed by atoms with E-state index in [1.807, 2.05) is 25.1 Å². The normalized spacial score (nSPS) is 17.2. The fourth-order valence-electron chi connectivity index (χ4n) is 2.69. The van der Waals surface area contributed by atoms with Gasteiger partial charge in [0.2, 0.25) is 5.91 Å². The number of amidine groups is 1. The Bertz CT molecular complexity index is 514. The molecule has 0 aliphatic carbocycles. The molecular formula is C15H21N3O2. The minimum Gasteiger partial charge on any atom is -0.409 e. The Morgan fingerprint density at radius 3 is 2.90 bits per heavy atom. The number of aryl methyl sites for hydroxylation is 1. The molecule has 0 saturated heterocycles. The quantitative estimate of drug-likeness (QED) is 0.384.